The largest absolute Gasteiger partial charge is 0.465 e. The molecule has 1 N–H and O–H groups in total. The molecule has 0 amide bonds. The van der Waals surface area contributed by atoms with Gasteiger partial charge in [0.15, 0.2) is 0 Å². The molecule has 2 aromatic carbocycles. The van der Waals surface area contributed by atoms with Gasteiger partial charge < -0.3 is 14.4 Å². The highest BCUT2D eigenvalue weighted by molar-refractivity contribution is 9.10. The van der Waals surface area contributed by atoms with Gasteiger partial charge in [-0.25, -0.2) is 14.2 Å². The molecular weight excluding hydrogens is 427 g/mol. The molecule has 0 spiro atoms. The predicted molar refractivity (Wildman–Crippen MR) is 107 cm³/mol. The molecule has 146 valence electrons. The normalized spacial score (nSPS) is 15.0. The summed E-state index contributed by atoms with van der Waals surface area (Å²) in [5.41, 5.74) is 2.33. The van der Waals surface area contributed by atoms with Crippen molar-refractivity contribution in [1.29, 1.82) is 0 Å². The van der Waals surface area contributed by atoms with E-state index in [4.69, 9.17) is 9.72 Å². The van der Waals surface area contributed by atoms with Gasteiger partial charge in [0, 0.05) is 22.9 Å². The van der Waals surface area contributed by atoms with Gasteiger partial charge in [0.2, 0.25) is 0 Å². The summed E-state index contributed by atoms with van der Waals surface area (Å²) < 4.78 is 21.9. The number of imidazole rings is 1. The van der Waals surface area contributed by atoms with E-state index in [1.54, 1.807) is 30.3 Å². The summed E-state index contributed by atoms with van der Waals surface area (Å²) in [6.07, 6.45) is 2.20. The van der Waals surface area contributed by atoms with Crippen molar-refractivity contribution in [1.82, 2.24) is 9.55 Å². The van der Waals surface area contributed by atoms with Crippen molar-refractivity contribution in [2.75, 3.05) is 13.7 Å². The van der Waals surface area contributed by atoms with Gasteiger partial charge in [-0.15, -0.1) is 0 Å². The summed E-state index contributed by atoms with van der Waals surface area (Å²) in [4.78, 5) is 16.6. The number of halogens is 2. The first kappa shape index (κ1) is 19.1. The lowest BCUT2D eigenvalue weighted by atomic mass is 10.1. The molecule has 28 heavy (non-hydrogen) atoms. The number of hydrogen-bond acceptors (Lipinski definition) is 4. The Bertz CT molecular complexity index is 1060. The molecule has 0 bridgehead atoms. The Labute approximate surface area is 170 Å². The summed E-state index contributed by atoms with van der Waals surface area (Å²) in [6.45, 7) is 0.674. The Balaban J connectivity index is 1.80. The Morgan fingerprint density at radius 1 is 1.32 bits per heavy atom. The smallest absolute Gasteiger partial charge is 0.337 e. The zero-order valence-electron chi connectivity index (χ0n) is 15.4. The van der Waals surface area contributed by atoms with Gasteiger partial charge in [-0.3, -0.25) is 0 Å². The standard InChI is InChI=1S/C21H20BrFN2O3/c1-28-20(27)14-3-5-17-18(8-14)25(11-21(12-26)6-7-21)19(24-17)9-13-2-4-15(22)10-16(13)23/h2-5,8,10,26H,6-7,9,11-12H2,1H3. The Morgan fingerprint density at radius 2 is 2.11 bits per heavy atom. The summed E-state index contributed by atoms with van der Waals surface area (Å²) in [7, 11) is 1.34. The minimum atomic E-state index is -0.418. The molecule has 1 saturated carbocycles. The summed E-state index contributed by atoms with van der Waals surface area (Å²) in [6, 6.07) is 10.2. The molecule has 1 aromatic heterocycles. The van der Waals surface area contributed by atoms with Crippen molar-refractivity contribution in [3.63, 3.8) is 0 Å². The molecule has 3 aromatic rings. The van der Waals surface area contributed by atoms with Crippen LogP contribution in [0, 0.1) is 11.2 Å². The number of nitrogens with zero attached hydrogens (tertiary/aromatic N) is 2. The zero-order chi connectivity index (χ0) is 19.9. The highest BCUT2D eigenvalue weighted by Gasteiger charge is 2.43. The number of ether oxygens (including phenoxy) is 1. The van der Waals surface area contributed by atoms with Crippen LogP contribution in [0.3, 0.4) is 0 Å². The maximum Gasteiger partial charge on any atom is 0.337 e. The van der Waals surface area contributed by atoms with E-state index >= 15 is 0 Å². The van der Waals surface area contributed by atoms with Crippen LogP contribution in [-0.2, 0) is 17.7 Å². The van der Waals surface area contributed by atoms with Gasteiger partial charge in [0.05, 0.1) is 30.3 Å². The number of carbonyl (C=O) groups excluding carboxylic acids is 1. The lowest BCUT2D eigenvalue weighted by Crippen LogP contribution is -2.18. The Kier molecular flexibility index (Phi) is 4.97. The third-order valence-electron chi connectivity index (χ3n) is 5.40. The van der Waals surface area contributed by atoms with Gasteiger partial charge in [0.1, 0.15) is 11.6 Å². The van der Waals surface area contributed by atoms with Crippen molar-refractivity contribution < 1.29 is 19.0 Å². The molecule has 7 heteroatoms. The zero-order valence-corrected chi connectivity index (χ0v) is 17.0. The van der Waals surface area contributed by atoms with E-state index in [1.807, 2.05) is 4.57 Å². The first-order valence-electron chi connectivity index (χ1n) is 9.07. The molecule has 4 rings (SSSR count). The quantitative estimate of drug-likeness (QED) is 0.579. The Hall–Kier alpha value is -2.25. The van der Waals surface area contributed by atoms with E-state index in [-0.39, 0.29) is 17.8 Å². The number of methoxy groups -OCH3 is 1. The molecule has 1 aliphatic rings. The van der Waals surface area contributed by atoms with Crippen molar-refractivity contribution in [2.45, 2.75) is 25.8 Å². The maximum atomic E-state index is 14.4. The third-order valence-corrected chi connectivity index (χ3v) is 5.89. The number of carbonyl (C=O) groups is 1. The number of esters is 1. The fraction of sp³-hybridized carbons (Fsp3) is 0.333. The van der Waals surface area contributed by atoms with Crippen LogP contribution in [0.2, 0.25) is 0 Å². The number of aliphatic hydroxyl groups is 1. The average molecular weight is 447 g/mol. The highest BCUT2D eigenvalue weighted by Crippen LogP contribution is 2.47. The van der Waals surface area contributed by atoms with Gasteiger partial charge >= 0.3 is 5.97 Å². The minimum absolute atomic E-state index is 0.0927. The van der Waals surface area contributed by atoms with Gasteiger partial charge in [-0.05, 0) is 48.7 Å². The third kappa shape index (κ3) is 3.56. The number of fused-ring (bicyclic) bond motifs is 1. The van der Waals surface area contributed by atoms with Gasteiger partial charge in [-0.1, -0.05) is 22.0 Å². The average Bonchev–Trinajstić information content (AvgIpc) is 3.40. The maximum absolute atomic E-state index is 14.4. The van der Waals surface area contributed by atoms with E-state index in [0.717, 1.165) is 23.9 Å². The second-order valence-corrected chi connectivity index (χ2v) is 8.30. The first-order chi connectivity index (χ1) is 13.4. The fourth-order valence-corrected chi connectivity index (χ4v) is 3.78. The van der Waals surface area contributed by atoms with Crippen molar-refractivity contribution in [3.05, 3.63) is 63.6 Å². The first-order valence-corrected chi connectivity index (χ1v) is 9.86. The van der Waals surface area contributed by atoms with Crippen LogP contribution in [0.4, 0.5) is 4.39 Å². The van der Waals surface area contributed by atoms with Crippen molar-refractivity contribution >= 4 is 32.9 Å². The predicted octanol–water partition coefficient (Wildman–Crippen LogP) is 4.09. The fourth-order valence-electron chi connectivity index (χ4n) is 3.44. The van der Waals surface area contributed by atoms with Crippen LogP contribution < -0.4 is 0 Å². The minimum Gasteiger partial charge on any atom is -0.465 e. The number of aromatic nitrogens is 2. The SMILES string of the molecule is COC(=O)c1ccc2nc(Cc3ccc(Br)cc3F)n(CC3(CO)CC3)c2c1. The molecule has 5 nitrogen and oxygen atoms in total. The van der Waals surface area contributed by atoms with E-state index in [9.17, 15) is 14.3 Å². The number of aliphatic hydroxyl groups excluding tert-OH is 1. The topological polar surface area (TPSA) is 64.3 Å². The molecule has 0 atom stereocenters. The summed E-state index contributed by atoms with van der Waals surface area (Å²) >= 11 is 3.28. The monoisotopic (exact) mass is 446 g/mol. The van der Waals surface area contributed by atoms with Crippen LogP contribution >= 0.6 is 15.9 Å². The van der Waals surface area contributed by atoms with Crippen LogP contribution in [0.15, 0.2) is 40.9 Å². The van der Waals surface area contributed by atoms with Crippen molar-refractivity contribution in [2.24, 2.45) is 5.41 Å². The molecule has 0 radical (unpaired) electrons. The van der Waals surface area contributed by atoms with E-state index in [1.165, 1.54) is 13.2 Å². The molecule has 0 saturated heterocycles. The second kappa shape index (κ2) is 7.29. The lowest BCUT2D eigenvalue weighted by molar-refractivity contribution is 0.0601. The molecule has 0 unspecified atom stereocenters. The van der Waals surface area contributed by atoms with Gasteiger partial charge in [-0.2, -0.15) is 0 Å². The highest BCUT2D eigenvalue weighted by atomic mass is 79.9. The molecule has 1 aliphatic carbocycles. The summed E-state index contributed by atoms with van der Waals surface area (Å²) in [5, 5.41) is 9.79. The number of hydrogen-bond donors (Lipinski definition) is 1. The molecule has 0 aliphatic heterocycles. The summed E-state index contributed by atoms with van der Waals surface area (Å²) in [5.74, 6) is -0.0112. The van der Waals surface area contributed by atoms with E-state index in [0.29, 0.717) is 34.4 Å². The second-order valence-electron chi connectivity index (χ2n) is 7.38. The molecular formula is C21H20BrFN2O3. The Morgan fingerprint density at radius 3 is 2.75 bits per heavy atom. The number of rotatable bonds is 6. The van der Waals surface area contributed by atoms with E-state index in [2.05, 4.69) is 15.9 Å². The number of benzene rings is 2. The van der Waals surface area contributed by atoms with Crippen LogP contribution in [0.25, 0.3) is 11.0 Å². The van der Waals surface area contributed by atoms with Crippen LogP contribution in [0.1, 0.15) is 34.6 Å². The lowest BCUT2D eigenvalue weighted by Gasteiger charge is -2.16. The molecule has 1 heterocycles. The van der Waals surface area contributed by atoms with Gasteiger partial charge in [0.25, 0.3) is 0 Å². The van der Waals surface area contributed by atoms with E-state index < -0.39 is 5.97 Å². The van der Waals surface area contributed by atoms with Crippen LogP contribution in [-0.4, -0.2) is 34.3 Å². The molecule has 1 fully saturated rings. The van der Waals surface area contributed by atoms with Crippen LogP contribution in [0.5, 0.6) is 0 Å². The van der Waals surface area contributed by atoms with Crippen molar-refractivity contribution in [3.8, 4) is 0 Å².